The summed E-state index contributed by atoms with van der Waals surface area (Å²) in [5.74, 6) is -2.90. The number of anilines is 1. The van der Waals surface area contributed by atoms with Crippen LogP contribution in [0.1, 0.15) is 23.1 Å². The van der Waals surface area contributed by atoms with Gasteiger partial charge in [0.25, 0.3) is 10.0 Å². The number of carbonyl (C=O) groups excluding carboxylic acids is 1. The Hall–Kier alpha value is -2.96. The average Bonchev–Trinajstić information content (AvgIpc) is 2.61. The first kappa shape index (κ1) is 20.4. The Balaban J connectivity index is 2.57. The minimum absolute atomic E-state index is 0.110. The molecular formula is C14H13F3N4O5S. The lowest BCUT2D eigenvalue weighted by Gasteiger charge is -2.16. The number of ether oxygens (including phenoxy) is 2. The van der Waals surface area contributed by atoms with Gasteiger partial charge in [-0.25, -0.2) is 12.8 Å². The molecule has 2 rings (SSSR count). The van der Waals surface area contributed by atoms with E-state index in [2.05, 4.69) is 15.0 Å². The predicted molar refractivity (Wildman–Crippen MR) is 85.9 cm³/mol. The van der Waals surface area contributed by atoms with Gasteiger partial charge in [-0.05, 0) is 12.1 Å². The number of sulfonamides is 1. The van der Waals surface area contributed by atoms with E-state index in [9.17, 15) is 26.4 Å². The van der Waals surface area contributed by atoms with Crippen molar-refractivity contribution in [1.29, 1.82) is 0 Å². The lowest BCUT2D eigenvalue weighted by Crippen LogP contribution is -2.32. The van der Waals surface area contributed by atoms with Crippen molar-refractivity contribution in [3.63, 3.8) is 0 Å². The van der Waals surface area contributed by atoms with Gasteiger partial charge in [0.2, 0.25) is 11.6 Å². The van der Waals surface area contributed by atoms with Crippen LogP contribution in [0.15, 0.2) is 18.2 Å². The molecule has 1 aromatic heterocycles. The van der Waals surface area contributed by atoms with E-state index in [1.807, 2.05) is 0 Å². The van der Waals surface area contributed by atoms with Crippen LogP contribution < -0.4 is 14.2 Å². The number of ketones is 1. The van der Waals surface area contributed by atoms with Gasteiger partial charge in [0.15, 0.2) is 0 Å². The van der Waals surface area contributed by atoms with Crippen LogP contribution >= 0.6 is 0 Å². The van der Waals surface area contributed by atoms with E-state index >= 15 is 0 Å². The molecule has 0 spiro atoms. The Bertz CT molecular complexity index is 957. The highest BCUT2D eigenvalue weighted by molar-refractivity contribution is 7.93. The summed E-state index contributed by atoms with van der Waals surface area (Å²) in [5, 5.41) is -4.23. The molecule has 0 aliphatic rings. The zero-order chi connectivity index (χ0) is 20.4. The third-order valence-electron chi connectivity index (χ3n) is 3.13. The third kappa shape index (κ3) is 4.24. The highest BCUT2D eigenvalue weighted by Crippen LogP contribution is 2.28. The summed E-state index contributed by atoms with van der Waals surface area (Å²) in [5.41, 5.74) is -1.57. The molecule has 0 radical (unpaired) electrons. The van der Waals surface area contributed by atoms with Crippen LogP contribution in [0, 0.1) is 5.82 Å². The summed E-state index contributed by atoms with van der Waals surface area (Å²) in [4.78, 5) is 23.7. The number of alkyl halides is 2. The van der Waals surface area contributed by atoms with E-state index in [-0.39, 0.29) is 18.9 Å². The van der Waals surface area contributed by atoms with Gasteiger partial charge in [-0.1, -0.05) is 6.07 Å². The maximum Gasteiger partial charge on any atom is 0.361 e. The number of halogens is 3. The zero-order valence-corrected chi connectivity index (χ0v) is 15.0. The van der Waals surface area contributed by atoms with Gasteiger partial charge < -0.3 is 9.47 Å². The topological polar surface area (TPSA) is 120 Å². The average molecular weight is 406 g/mol. The maximum atomic E-state index is 14.1. The molecule has 0 saturated carbocycles. The maximum absolute atomic E-state index is 14.1. The third-order valence-corrected chi connectivity index (χ3v) is 4.55. The Morgan fingerprint density at radius 2 is 1.67 bits per heavy atom. The number of nitrogens with zero attached hydrogens (tertiary/aromatic N) is 3. The summed E-state index contributed by atoms with van der Waals surface area (Å²) in [7, 11) is -2.91. The second-order valence-corrected chi connectivity index (χ2v) is 6.97. The highest BCUT2D eigenvalue weighted by atomic mass is 32.2. The number of rotatable bonds is 7. The van der Waals surface area contributed by atoms with E-state index in [0.29, 0.717) is 0 Å². The summed E-state index contributed by atoms with van der Waals surface area (Å²) in [6, 6.07) is 2.28. The molecule has 0 atom stereocenters. The van der Waals surface area contributed by atoms with Crippen LogP contribution in [-0.4, -0.2) is 48.6 Å². The highest BCUT2D eigenvalue weighted by Gasteiger charge is 2.40. The first-order valence-corrected chi connectivity index (χ1v) is 8.56. The Morgan fingerprint density at radius 3 is 2.15 bits per heavy atom. The monoisotopic (exact) mass is 406 g/mol. The fourth-order valence-electron chi connectivity index (χ4n) is 1.78. The van der Waals surface area contributed by atoms with E-state index in [1.54, 1.807) is 0 Å². The van der Waals surface area contributed by atoms with Crippen molar-refractivity contribution in [1.82, 2.24) is 15.0 Å². The number of para-hydroxylation sites is 1. The number of hydrogen-bond acceptors (Lipinski definition) is 8. The molecule has 0 fully saturated rings. The number of benzene rings is 1. The van der Waals surface area contributed by atoms with Crippen molar-refractivity contribution in [2.45, 2.75) is 12.2 Å². The smallest absolute Gasteiger partial charge is 0.361 e. The van der Waals surface area contributed by atoms with E-state index in [0.717, 1.165) is 18.2 Å². The van der Waals surface area contributed by atoms with Crippen molar-refractivity contribution in [3.8, 4) is 12.0 Å². The van der Waals surface area contributed by atoms with Crippen LogP contribution in [0.3, 0.4) is 0 Å². The molecule has 13 heteroatoms. The molecule has 0 saturated heterocycles. The van der Waals surface area contributed by atoms with E-state index in [1.165, 1.54) is 18.9 Å². The molecule has 1 heterocycles. The number of hydrogen-bond donors (Lipinski definition) is 1. The summed E-state index contributed by atoms with van der Waals surface area (Å²) in [6.07, 6.45) is 0. The quantitative estimate of drug-likeness (QED) is 0.689. The van der Waals surface area contributed by atoms with Crippen molar-refractivity contribution in [3.05, 3.63) is 35.4 Å². The Morgan fingerprint density at radius 1 is 1.11 bits per heavy atom. The number of methoxy groups -OCH3 is 2. The molecule has 146 valence electrons. The summed E-state index contributed by atoms with van der Waals surface area (Å²) in [6.45, 7) is 0.110. The van der Waals surface area contributed by atoms with Gasteiger partial charge in [0.1, 0.15) is 5.82 Å². The summed E-state index contributed by atoms with van der Waals surface area (Å²) >= 11 is 0. The van der Waals surface area contributed by atoms with Crippen molar-refractivity contribution < 1.29 is 35.9 Å². The van der Waals surface area contributed by atoms with Crippen LogP contribution in [0.2, 0.25) is 0 Å². The molecule has 9 nitrogen and oxygen atoms in total. The van der Waals surface area contributed by atoms with Crippen molar-refractivity contribution in [2.75, 3.05) is 18.9 Å². The first-order chi connectivity index (χ1) is 12.5. The zero-order valence-electron chi connectivity index (χ0n) is 14.2. The first-order valence-electron chi connectivity index (χ1n) is 7.07. The predicted octanol–water partition coefficient (Wildman–Crippen LogP) is 1.61. The SMILES string of the molecule is COc1nc(OC)nc(C(=O)c2cccc(F)c2NS(=O)(=O)C(C)(F)F)n1. The fraction of sp³-hybridized carbons (Fsp3) is 0.286. The van der Waals surface area contributed by atoms with Crippen LogP contribution in [0.5, 0.6) is 12.0 Å². The van der Waals surface area contributed by atoms with Gasteiger partial charge in [-0.2, -0.15) is 18.7 Å². The Kier molecular flexibility index (Phi) is 5.54. The molecule has 0 bridgehead atoms. The molecular weight excluding hydrogens is 393 g/mol. The minimum atomic E-state index is -5.32. The lowest BCUT2D eigenvalue weighted by atomic mass is 10.1. The lowest BCUT2D eigenvalue weighted by molar-refractivity contribution is 0.102. The normalized spacial score (nSPS) is 11.8. The van der Waals surface area contributed by atoms with Crippen molar-refractivity contribution >= 4 is 21.5 Å². The standard InChI is InChI=1S/C14H13F3N4O5S/c1-14(16,17)27(23,24)21-9-7(5-4-6-8(9)15)10(22)11-18-12(25-2)20-13(19-11)26-3/h4-6,21H,1-3H3. The number of nitrogens with one attached hydrogen (secondary N) is 1. The number of aromatic nitrogens is 3. The van der Waals surface area contributed by atoms with Crippen LogP contribution in [-0.2, 0) is 10.0 Å². The van der Waals surface area contributed by atoms with Gasteiger partial charge in [-0.15, -0.1) is 4.98 Å². The molecule has 2 aromatic rings. The molecule has 1 N–H and O–H groups in total. The molecule has 1 aromatic carbocycles. The van der Waals surface area contributed by atoms with Gasteiger partial charge in [0, 0.05) is 6.92 Å². The Labute approximate surface area is 151 Å². The van der Waals surface area contributed by atoms with Crippen LogP contribution in [0.4, 0.5) is 18.9 Å². The van der Waals surface area contributed by atoms with E-state index < -0.39 is 44.0 Å². The van der Waals surface area contributed by atoms with Crippen LogP contribution in [0.25, 0.3) is 0 Å². The van der Waals surface area contributed by atoms with Gasteiger partial charge >= 0.3 is 17.3 Å². The fourth-order valence-corrected chi connectivity index (χ4v) is 2.44. The summed E-state index contributed by atoms with van der Waals surface area (Å²) < 4.78 is 74.9. The molecule has 0 aliphatic heterocycles. The van der Waals surface area contributed by atoms with Crippen molar-refractivity contribution in [2.24, 2.45) is 0 Å². The number of carbonyl (C=O) groups is 1. The molecule has 0 unspecified atom stereocenters. The second kappa shape index (κ2) is 7.34. The molecule has 27 heavy (non-hydrogen) atoms. The minimum Gasteiger partial charge on any atom is -0.467 e. The second-order valence-electron chi connectivity index (χ2n) is 5.04. The van der Waals surface area contributed by atoms with E-state index in [4.69, 9.17) is 9.47 Å². The van der Waals surface area contributed by atoms with Gasteiger partial charge in [-0.3, -0.25) is 9.52 Å². The van der Waals surface area contributed by atoms with Gasteiger partial charge in [0.05, 0.1) is 25.5 Å². The largest absolute Gasteiger partial charge is 0.467 e. The molecule has 0 amide bonds. The molecule has 0 aliphatic carbocycles.